The minimum absolute atomic E-state index is 0.113. The van der Waals surface area contributed by atoms with E-state index in [9.17, 15) is 5.11 Å². The lowest BCUT2D eigenvalue weighted by Crippen LogP contribution is -2.53. The fraction of sp³-hybridized carbons (Fsp3) is 0.929. The third-order valence-corrected chi connectivity index (χ3v) is 10.3. The van der Waals surface area contributed by atoms with Gasteiger partial charge in [-0.1, -0.05) is 48.1 Å². The molecular formula is C28H50O6P-. The average Bonchev–Trinajstić information content (AvgIpc) is 2.92. The Kier molecular flexibility index (Phi) is 9.99. The Morgan fingerprint density at radius 3 is 1.66 bits per heavy atom. The van der Waals surface area contributed by atoms with Crippen molar-refractivity contribution >= 4 is 8.38 Å². The number of hydrogen-bond donors (Lipinski definition) is 0. The molecule has 0 aromatic carbocycles. The fourth-order valence-electron chi connectivity index (χ4n) is 6.65. The fourth-order valence-corrected chi connectivity index (χ4v) is 8.54. The van der Waals surface area contributed by atoms with Crippen molar-refractivity contribution in [1.82, 2.24) is 0 Å². The first-order valence-corrected chi connectivity index (χ1v) is 14.9. The summed E-state index contributed by atoms with van der Waals surface area (Å²) in [5, 5.41) is 11.0. The van der Waals surface area contributed by atoms with E-state index in [0.717, 1.165) is 44.7 Å². The van der Waals surface area contributed by atoms with Crippen LogP contribution in [0.25, 0.3) is 0 Å². The molecule has 3 rings (SSSR count). The predicted octanol–water partition coefficient (Wildman–Crippen LogP) is 5.89. The zero-order valence-corrected chi connectivity index (χ0v) is 24.3. The summed E-state index contributed by atoms with van der Waals surface area (Å²) < 4.78 is 31.1. The summed E-state index contributed by atoms with van der Waals surface area (Å²) in [4.78, 5) is 0. The minimum Gasteiger partial charge on any atom is -0.614 e. The van der Waals surface area contributed by atoms with Crippen LogP contribution in [0.2, 0.25) is 0 Å². The van der Waals surface area contributed by atoms with Gasteiger partial charge in [0.15, 0.2) is 8.38 Å². The van der Waals surface area contributed by atoms with E-state index in [1.54, 1.807) is 0 Å². The average molecular weight is 514 g/mol. The van der Waals surface area contributed by atoms with Crippen molar-refractivity contribution in [2.45, 2.75) is 104 Å². The first-order chi connectivity index (χ1) is 16.3. The molecular weight excluding hydrogens is 463 g/mol. The predicted molar refractivity (Wildman–Crippen MR) is 139 cm³/mol. The van der Waals surface area contributed by atoms with Crippen molar-refractivity contribution in [3.8, 4) is 0 Å². The van der Waals surface area contributed by atoms with Crippen LogP contribution >= 0.6 is 8.38 Å². The second kappa shape index (κ2) is 12.0. The lowest BCUT2D eigenvalue weighted by atomic mass is 9.57. The van der Waals surface area contributed by atoms with Crippen molar-refractivity contribution in [2.75, 3.05) is 27.0 Å². The molecule has 2 aliphatic carbocycles. The molecule has 1 heterocycles. The summed E-state index contributed by atoms with van der Waals surface area (Å²) in [5.74, 6) is 1.13. The van der Waals surface area contributed by atoms with Crippen LogP contribution in [0.15, 0.2) is 12.5 Å². The van der Waals surface area contributed by atoms with Crippen LogP contribution < -0.4 is 5.11 Å². The molecule has 35 heavy (non-hydrogen) atoms. The number of methoxy groups -OCH3 is 2. The monoisotopic (exact) mass is 513 g/mol. The summed E-state index contributed by atoms with van der Waals surface area (Å²) in [6.07, 6.45) is 7.51. The smallest absolute Gasteiger partial charge is 0.171 e. The Hall–Kier alpha value is -0.390. The van der Waals surface area contributed by atoms with Crippen LogP contribution in [0.4, 0.5) is 0 Å². The maximum atomic E-state index is 11.0. The summed E-state index contributed by atoms with van der Waals surface area (Å²) in [7, 11) is 2.68. The van der Waals surface area contributed by atoms with E-state index in [4.69, 9.17) is 23.3 Å². The largest absolute Gasteiger partial charge is 0.614 e. The molecule has 0 radical (unpaired) electrons. The summed E-state index contributed by atoms with van der Waals surface area (Å²) in [6.45, 7) is 17.7. The van der Waals surface area contributed by atoms with Gasteiger partial charge < -0.3 is 28.4 Å². The van der Waals surface area contributed by atoms with Gasteiger partial charge in [0.1, 0.15) is 0 Å². The molecule has 3 aliphatic rings. The van der Waals surface area contributed by atoms with Crippen molar-refractivity contribution < 1.29 is 28.4 Å². The number of rotatable bonds is 8. The molecule has 0 N–H and O–H groups in total. The maximum Gasteiger partial charge on any atom is 0.171 e. The van der Waals surface area contributed by atoms with Crippen LogP contribution in [-0.2, 0) is 23.3 Å². The highest BCUT2D eigenvalue weighted by atomic mass is 31.2. The molecule has 1 saturated heterocycles. The second-order valence-electron chi connectivity index (χ2n) is 13.1. The molecule has 0 amide bonds. The third kappa shape index (κ3) is 7.35. The zero-order valence-electron chi connectivity index (χ0n) is 23.4. The summed E-state index contributed by atoms with van der Waals surface area (Å²) >= 11 is 0. The van der Waals surface area contributed by atoms with Crippen molar-refractivity contribution in [3.63, 3.8) is 0 Å². The van der Waals surface area contributed by atoms with E-state index in [1.165, 1.54) is 0 Å². The molecule has 6 nitrogen and oxygen atoms in total. The van der Waals surface area contributed by atoms with Gasteiger partial charge >= 0.3 is 0 Å². The van der Waals surface area contributed by atoms with Crippen LogP contribution in [0, 0.1) is 34.5 Å². The van der Waals surface area contributed by atoms with Gasteiger partial charge in [0.2, 0.25) is 0 Å². The molecule has 0 aromatic heterocycles. The van der Waals surface area contributed by atoms with Crippen LogP contribution in [0.3, 0.4) is 0 Å². The third-order valence-electron chi connectivity index (χ3n) is 8.66. The Morgan fingerprint density at radius 1 is 0.829 bits per heavy atom. The number of ether oxygens (including phenoxy) is 3. The molecule has 8 unspecified atom stereocenters. The lowest BCUT2D eigenvalue weighted by Gasteiger charge is -2.52. The van der Waals surface area contributed by atoms with Crippen LogP contribution in [0.5, 0.6) is 0 Å². The SMILES string of the molecule is C=C([O-])OCCCCP1OC2C(CC(OC)CC2C(C)(C)C)C2CC(OC)CC(C(C)(C)C)C2O1. The maximum absolute atomic E-state index is 11.0. The van der Waals surface area contributed by atoms with E-state index in [1.807, 2.05) is 14.2 Å². The van der Waals surface area contributed by atoms with E-state index >= 15 is 0 Å². The molecule has 8 atom stereocenters. The zero-order chi connectivity index (χ0) is 26.0. The number of fused-ring (bicyclic) bond motifs is 3. The standard InChI is InChI=1S/C28H51O6P/c1-18(29)32-12-10-11-13-35-33-25-21(14-19(30-8)16-23(25)27(2,3)4)22-15-20(31-9)17-24(26(22)34-35)28(5,6)7/h19-26,29H,1,10-17H2,2-9H3/p-1. The Morgan fingerprint density at radius 2 is 1.29 bits per heavy atom. The molecule has 7 heteroatoms. The van der Waals surface area contributed by atoms with Gasteiger partial charge in [-0.2, -0.15) is 0 Å². The number of hydrogen-bond acceptors (Lipinski definition) is 6. The molecule has 0 bridgehead atoms. The first-order valence-electron chi connectivity index (χ1n) is 13.5. The highest BCUT2D eigenvalue weighted by Gasteiger charge is 2.56. The molecule has 2 saturated carbocycles. The van der Waals surface area contributed by atoms with Crippen molar-refractivity contribution in [2.24, 2.45) is 34.5 Å². The Balaban J connectivity index is 1.92. The molecule has 204 valence electrons. The summed E-state index contributed by atoms with van der Waals surface area (Å²) in [6, 6.07) is 0. The van der Waals surface area contributed by atoms with Gasteiger partial charge in [-0.05, 0) is 79.6 Å². The lowest BCUT2D eigenvalue weighted by molar-refractivity contribution is -0.356. The van der Waals surface area contributed by atoms with Gasteiger partial charge in [-0.25, -0.2) is 0 Å². The topological polar surface area (TPSA) is 69.2 Å². The van der Waals surface area contributed by atoms with Gasteiger partial charge in [0.05, 0.1) is 24.4 Å². The second-order valence-corrected chi connectivity index (χ2v) is 14.6. The van der Waals surface area contributed by atoms with Gasteiger partial charge in [-0.3, -0.25) is 0 Å². The van der Waals surface area contributed by atoms with Gasteiger partial charge in [-0.15, -0.1) is 0 Å². The highest BCUT2D eigenvalue weighted by Crippen LogP contribution is 2.60. The molecule has 3 fully saturated rings. The Bertz CT molecular complexity index is 640. The van der Waals surface area contributed by atoms with E-state index in [-0.39, 0.29) is 35.2 Å². The van der Waals surface area contributed by atoms with Crippen molar-refractivity contribution in [3.05, 3.63) is 12.5 Å². The summed E-state index contributed by atoms with van der Waals surface area (Å²) in [5.41, 5.74) is 0.226. The van der Waals surface area contributed by atoms with E-state index < -0.39 is 14.3 Å². The molecule has 1 aliphatic heterocycles. The van der Waals surface area contributed by atoms with Crippen LogP contribution in [0.1, 0.15) is 80.1 Å². The number of unbranched alkanes of at least 4 members (excludes halogenated alkanes) is 1. The Labute approximate surface area is 215 Å². The minimum atomic E-state index is -1.04. The first kappa shape index (κ1) is 29.2. The van der Waals surface area contributed by atoms with E-state index in [0.29, 0.717) is 30.3 Å². The normalized spacial score (nSPS) is 38.2. The van der Waals surface area contributed by atoms with Crippen molar-refractivity contribution in [1.29, 1.82) is 0 Å². The van der Waals surface area contributed by atoms with Crippen LogP contribution in [-0.4, -0.2) is 51.4 Å². The van der Waals surface area contributed by atoms with Gasteiger partial charge in [0, 0.05) is 26.3 Å². The molecule has 0 spiro atoms. The van der Waals surface area contributed by atoms with Gasteiger partial charge in [0.25, 0.3) is 0 Å². The molecule has 0 aromatic rings. The highest BCUT2D eigenvalue weighted by molar-refractivity contribution is 7.47. The quantitative estimate of drug-likeness (QED) is 0.229. The van der Waals surface area contributed by atoms with E-state index in [2.05, 4.69) is 48.1 Å².